The molecule has 0 amide bonds. The van der Waals surface area contributed by atoms with Gasteiger partial charge in [-0.25, -0.2) is 12.7 Å². The van der Waals surface area contributed by atoms with Crippen LogP contribution in [0.3, 0.4) is 0 Å². The van der Waals surface area contributed by atoms with E-state index in [-0.39, 0.29) is 0 Å². The quantitative estimate of drug-likeness (QED) is 0.383. The van der Waals surface area contributed by atoms with Gasteiger partial charge in [-0.1, -0.05) is 12.2 Å². The first-order chi connectivity index (χ1) is 12.8. The van der Waals surface area contributed by atoms with Gasteiger partial charge >= 0.3 is 0 Å². The molecule has 0 aromatic heterocycles. The van der Waals surface area contributed by atoms with Gasteiger partial charge in [-0.15, -0.1) is 0 Å². The Kier molecular flexibility index (Phi) is 8.57. The Morgan fingerprint density at radius 3 is 2.30 bits per heavy atom. The highest BCUT2D eigenvalue weighted by molar-refractivity contribution is 7.88. The summed E-state index contributed by atoms with van der Waals surface area (Å²) in [6.07, 6.45) is 5.29. The van der Waals surface area contributed by atoms with Gasteiger partial charge < -0.3 is 10.6 Å². The van der Waals surface area contributed by atoms with E-state index >= 15 is 0 Å². The second-order valence-electron chi connectivity index (χ2n) is 7.98. The highest BCUT2D eigenvalue weighted by Crippen LogP contribution is 2.19. The maximum absolute atomic E-state index is 11.6. The largest absolute Gasteiger partial charge is 0.357 e. The molecule has 7 nitrogen and oxygen atoms in total. The maximum atomic E-state index is 11.6. The van der Waals surface area contributed by atoms with Gasteiger partial charge in [0, 0.05) is 51.9 Å². The molecule has 2 heterocycles. The number of likely N-dealkylation sites (tertiary alicyclic amines) is 1. The Hall–Kier alpha value is -1.12. The summed E-state index contributed by atoms with van der Waals surface area (Å²) in [5.41, 5.74) is 1.22. The lowest BCUT2D eigenvalue weighted by molar-refractivity contribution is 0.221. The number of hydrogen-bond acceptors (Lipinski definition) is 4. The van der Waals surface area contributed by atoms with Crippen molar-refractivity contribution in [2.75, 3.05) is 52.1 Å². The van der Waals surface area contributed by atoms with Gasteiger partial charge in [0.05, 0.1) is 6.26 Å². The maximum Gasteiger partial charge on any atom is 0.211 e. The van der Waals surface area contributed by atoms with Crippen molar-refractivity contribution in [1.82, 2.24) is 19.8 Å². The summed E-state index contributed by atoms with van der Waals surface area (Å²) in [4.78, 5) is 7.24. The van der Waals surface area contributed by atoms with E-state index in [1.54, 1.807) is 4.31 Å². The van der Waals surface area contributed by atoms with Crippen LogP contribution in [-0.4, -0.2) is 81.7 Å². The highest BCUT2D eigenvalue weighted by Gasteiger charge is 2.25. The Morgan fingerprint density at radius 1 is 1.15 bits per heavy atom. The zero-order valence-corrected chi connectivity index (χ0v) is 18.0. The summed E-state index contributed by atoms with van der Waals surface area (Å²) in [7, 11) is -3.06. The minimum Gasteiger partial charge on any atom is -0.357 e. The Morgan fingerprint density at radius 2 is 1.78 bits per heavy atom. The van der Waals surface area contributed by atoms with Crippen LogP contribution in [0.5, 0.6) is 0 Å². The van der Waals surface area contributed by atoms with E-state index in [2.05, 4.69) is 36.0 Å². The molecule has 2 aliphatic heterocycles. The fourth-order valence-corrected chi connectivity index (χ4v) is 4.65. The van der Waals surface area contributed by atoms with Gasteiger partial charge in [-0.3, -0.25) is 9.89 Å². The molecule has 2 N–H and O–H groups in total. The van der Waals surface area contributed by atoms with Crippen molar-refractivity contribution in [3.05, 3.63) is 12.2 Å². The number of sulfonamides is 1. The van der Waals surface area contributed by atoms with E-state index < -0.39 is 10.0 Å². The second-order valence-corrected chi connectivity index (χ2v) is 9.96. The summed E-state index contributed by atoms with van der Waals surface area (Å²) < 4.78 is 24.8. The van der Waals surface area contributed by atoms with E-state index in [4.69, 9.17) is 4.99 Å². The SMILES string of the molecule is C=C(C)CN1CCC(NC(=NCC2CCN(S(C)(=O)=O)CC2)NCC)CC1. The van der Waals surface area contributed by atoms with Crippen molar-refractivity contribution in [2.45, 2.75) is 45.6 Å². The Balaban J connectivity index is 1.79. The number of guanidine groups is 1. The van der Waals surface area contributed by atoms with Crippen LogP contribution in [0, 0.1) is 5.92 Å². The van der Waals surface area contributed by atoms with Gasteiger partial charge in [-0.05, 0) is 45.4 Å². The molecule has 0 radical (unpaired) electrons. The minimum atomic E-state index is -3.06. The Bertz CT molecular complexity index is 604. The van der Waals surface area contributed by atoms with E-state index in [0.29, 0.717) is 25.0 Å². The molecule has 2 rings (SSSR count). The molecule has 8 heteroatoms. The van der Waals surface area contributed by atoms with E-state index in [0.717, 1.165) is 64.4 Å². The van der Waals surface area contributed by atoms with Crippen molar-refractivity contribution in [2.24, 2.45) is 10.9 Å². The van der Waals surface area contributed by atoms with Crippen LogP contribution in [0.2, 0.25) is 0 Å². The third-order valence-corrected chi connectivity index (χ3v) is 6.62. The van der Waals surface area contributed by atoms with Crippen LogP contribution in [0.25, 0.3) is 0 Å². The minimum absolute atomic E-state index is 0.455. The average molecular weight is 400 g/mol. The molecule has 2 aliphatic rings. The molecule has 0 bridgehead atoms. The molecule has 27 heavy (non-hydrogen) atoms. The predicted octanol–water partition coefficient (Wildman–Crippen LogP) is 1.25. The molecule has 0 aromatic carbocycles. The van der Waals surface area contributed by atoms with Crippen LogP contribution in [0.4, 0.5) is 0 Å². The number of rotatable bonds is 7. The van der Waals surface area contributed by atoms with Crippen molar-refractivity contribution in [3.8, 4) is 0 Å². The Labute approximate surface area is 165 Å². The zero-order valence-electron chi connectivity index (χ0n) is 17.2. The van der Waals surface area contributed by atoms with Crippen molar-refractivity contribution in [1.29, 1.82) is 0 Å². The van der Waals surface area contributed by atoms with E-state index in [1.807, 2.05) is 0 Å². The smallest absolute Gasteiger partial charge is 0.211 e. The summed E-state index contributed by atoms with van der Waals surface area (Å²) in [5, 5.41) is 6.94. The zero-order chi connectivity index (χ0) is 19.9. The first-order valence-electron chi connectivity index (χ1n) is 10.1. The summed E-state index contributed by atoms with van der Waals surface area (Å²) in [5.74, 6) is 1.34. The molecular formula is C19H37N5O2S. The third-order valence-electron chi connectivity index (χ3n) is 5.32. The molecule has 2 fully saturated rings. The number of hydrogen-bond donors (Lipinski definition) is 2. The molecule has 0 atom stereocenters. The third kappa shape index (κ3) is 7.79. The first-order valence-corrected chi connectivity index (χ1v) is 12.0. The number of nitrogens with zero attached hydrogens (tertiary/aromatic N) is 3. The molecule has 0 spiro atoms. The van der Waals surface area contributed by atoms with Gasteiger partial charge in [0.2, 0.25) is 10.0 Å². The number of nitrogens with one attached hydrogen (secondary N) is 2. The molecule has 2 saturated heterocycles. The van der Waals surface area contributed by atoms with Crippen molar-refractivity contribution in [3.63, 3.8) is 0 Å². The highest BCUT2D eigenvalue weighted by atomic mass is 32.2. The first kappa shape index (κ1) is 22.2. The summed E-state index contributed by atoms with van der Waals surface area (Å²) >= 11 is 0. The predicted molar refractivity (Wildman–Crippen MR) is 113 cm³/mol. The fourth-order valence-electron chi connectivity index (χ4n) is 3.77. The molecule has 0 aliphatic carbocycles. The van der Waals surface area contributed by atoms with Gasteiger partial charge in [0.1, 0.15) is 0 Å². The van der Waals surface area contributed by atoms with Crippen LogP contribution in [-0.2, 0) is 10.0 Å². The standard InChI is InChI=1S/C19H37N5O2S/c1-5-20-19(22-18-8-10-23(11-9-18)15-16(2)3)21-14-17-6-12-24(13-7-17)27(4,25)26/h17-18H,2,5-15H2,1,3-4H3,(H2,20,21,22). The molecule has 156 valence electrons. The second kappa shape index (κ2) is 10.4. The summed E-state index contributed by atoms with van der Waals surface area (Å²) in [6.45, 7) is 14.2. The van der Waals surface area contributed by atoms with Crippen LogP contribution < -0.4 is 10.6 Å². The van der Waals surface area contributed by atoms with E-state index in [9.17, 15) is 8.42 Å². The topological polar surface area (TPSA) is 77.0 Å². The van der Waals surface area contributed by atoms with Crippen LogP contribution in [0.1, 0.15) is 39.5 Å². The number of piperidine rings is 2. The van der Waals surface area contributed by atoms with Crippen molar-refractivity contribution >= 4 is 16.0 Å². The van der Waals surface area contributed by atoms with Crippen molar-refractivity contribution < 1.29 is 8.42 Å². The molecular weight excluding hydrogens is 362 g/mol. The fraction of sp³-hybridized carbons (Fsp3) is 0.842. The molecule has 0 saturated carbocycles. The van der Waals surface area contributed by atoms with E-state index in [1.165, 1.54) is 11.8 Å². The molecule has 0 aromatic rings. The molecule has 0 unspecified atom stereocenters. The normalized spacial score (nSPS) is 22.0. The van der Waals surface area contributed by atoms with Gasteiger partial charge in [0.25, 0.3) is 0 Å². The van der Waals surface area contributed by atoms with Gasteiger partial charge in [-0.2, -0.15) is 0 Å². The number of aliphatic imine (C=N–C) groups is 1. The lowest BCUT2D eigenvalue weighted by Gasteiger charge is -2.33. The summed E-state index contributed by atoms with van der Waals surface area (Å²) in [6, 6.07) is 0.455. The lowest BCUT2D eigenvalue weighted by atomic mass is 9.98. The monoisotopic (exact) mass is 399 g/mol. The average Bonchev–Trinajstić information content (AvgIpc) is 2.61. The lowest BCUT2D eigenvalue weighted by Crippen LogP contribution is -2.49. The van der Waals surface area contributed by atoms with Crippen LogP contribution in [0.15, 0.2) is 17.1 Å². The van der Waals surface area contributed by atoms with Crippen LogP contribution >= 0.6 is 0 Å². The van der Waals surface area contributed by atoms with Gasteiger partial charge in [0.15, 0.2) is 5.96 Å².